The Morgan fingerprint density at radius 2 is 1.75 bits per heavy atom. The van der Waals surface area contributed by atoms with Crippen LogP contribution in [0.25, 0.3) is 0 Å². The highest BCUT2D eigenvalue weighted by Crippen LogP contribution is 2.34. The summed E-state index contributed by atoms with van der Waals surface area (Å²) in [6.45, 7) is 3.68. The molecule has 1 aromatic rings. The van der Waals surface area contributed by atoms with Crippen LogP contribution in [0.15, 0.2) is 18.2 Å². The molecular weight excluding hydrogens is 305 g/mol. The lowest BCUT2D eigenvalue weighted by molar-refractivity contribution is -0.206. The quantitative estimate of drug-likeness (QED) is 0.782. The van der Waals surface area contributed by atoms with Crippen LogP contribution in [-0.4, -0.2) is 13.2 Å². The molecular formula is C20H26FNO2. The Balaban J connectivity index is 1.44. The lowest BCUT2D eigenvalue weighted by atomic mass is 9.80. The zero-order valence-corrected chi connectivity index (χ0v) is 14.3. The Morgan fingerprint density at radius 1 is 1.08 bits per heavy atom. The van der Waals surface area contributed by atoms with E-state index >= 15 is 0 Å². The molecule has 1 aliphatic heterocycles. The molecule has 2 aliphatic rings. The van der Waals surface area contributed by atoms with Crippen molar-refractivity contribution in [2.24, 2.45) is 17.8 Å². The fraction of sp³-hybridized carbons (Fsp3) is 0.650. The van der Waals surface area contributed by atoms with Crippen molar-refractivity contribution in [1.29, 1.82) is 5.26 Å². The molecule has 0 aromatic heterocycles. The smallest absolute Gasteiger partial charge is 0.183 e. The van der Waals surface area contributed by atoms with Crippen molar-refractivity contribution in [3.8, 4) is 6.07 Å². The van der Waals surface area contributed by atoms with Gasteiger partial charge in [0.15, 0.2) is 6.29 Å². The zero-order valence-electron chi connectivity index (χ0n) is 14.3. The predicted molar refractivity (Wildman–Crippen MR) is 89.6 cm³/mol. The number of ether oxygens (including phenoxy) is 2. The van der Waals surface area contributed by atoms with Gasteiger partial charge in [0.25, 0.3) is 0 Å². The van der Waals surface area contributed by atoms with E-state index in [0.717, 1.165) is 18.3 Å². The summed E-state index contributed by atoms with van der Waals surface area (Å²) in [5, 5.41) is 8.78. The average molecular weight is 331 g/mol. The number of hydrogen-bond acceptors (Lipinski definition) is 3. The van der Waals surface area contributed by atoms with Crippen molar-refractivity contribution in [3.63, 3.8) is 0 Å². The maximum absolute atomic E-state index is 13.7. The van der Waals surface area contributed by atoms with Gasteiger partial charge in [0, 0.05) is 11.5 Å². The highest BCUT2D eigenvalue weighted by atomic mass is 19.1. The Hall–Kier alpha value is -1.44. The van der Waals surface area contributed by atoms with Gasteiger partial charge in [-0.25, -0.2) is 4.39 Å². The summed E-state index contributed by atoms with van der Waals surface area (Å²) in [6.07, 6.45) is 7.36. The van der Waals surface area contributed by atoms with Crippen LogP contribution >= 0.6 is 0 Å². The van der Waals surface area contributed by atoms with Crippen molar-refractivity contribution in [3.05, 3.63) is 35.1 Å². The number of benzene rings is 1. The van der Waals surface area contributed by atoms with Gasteiger partial charge in [-0.1, -0.05) is 45.1 Å². The number of nitrogens with zero attached hydrogens (tertiary/aromatic N) is 1. The normalized spacial score (nSPS) is 30.7. The molecule has 0 amide bonds. The molecule has 3 rings (SSSR count). The van der Waals surface area contributed by atoms with Crippen molar-refractivity contribution < 1.29 is 13.9 Å². The number of nitriles is 1. The van der Waals surface area contributed by atoms with Gasteiger partial charge in [0.2, 0.25) is 0 Å². The minimum Gasteiger partial charge on any atom is -0.348 e. The first-order valence-electron chi connectivity index (χ1n) is 9.08. The molecule has 1 saturated heterocycles. The first-order chi connectivity index (χ1) is 11.7. The van der Waals surface area contributed by atoms with E-state index in [2.05, 4.69) is 6.92 Å². The number of rotatable bonds is 4. The van der Waals surface area contributed by atoms with Crippen molar-refractivity contribution in [1.82, 2.24) is 0 Å². The minimum atomic E-state index is -0.518. The van der Waals surface area contributed by atoms with Gasteiger partial charge in [-0.2, -0.15) is 5.26 Å². The molecule has 0 spiro atoms. The van der Waals surface area contributed by atoms with Crippen LogP contribution in [-0.2, 0) is 9.47 Å². The first kappa shape index (κ1) is 17.4. The summed E-state index contributed by atoms with van der Waals surface area (Å²) in [6, 6.07) is 6.35. The summed E-state index contributed by atoms with van der Waals surface area (Å²) in [5.74, 6) is 1.68. The third-order valence-corrected chi connectivity index (χ3v) is 5.47. The largest absolute Gasteiger partial charge is 0.348 e. The second-order valence-electron chi connectivity index (χ2n) is 7.42. The molecule has 24 heavy (non-hydrogen) atoms. The van der Waals surface area contributed by atoms with Gasteiger partial charge in [0.1, 0.15) is 11.9 Å². The van der Waals surface area contributed by atoms with Crippen LogP contribution in [0.1, 0.15) is 62.9 Å². The van der Waals surface area contributed by atoms with E-state index in [0.29, 0.717) is 24.7 Å². The molecule has 0 unspecified atom stereocenters. The van der Waals surface area contributed by atoms with E-state index in [1.54, 1.807) is 6.07 Å². The fourth-order valence-electron chi connectivity index (χ4n) is 3.76. The maximum atomic E-state index is 13.7. The van der Waals surface area contributed by atoms with Crippen LogP contribution < -0.4 is 0 Å². The molecule has 0 radical (unpaired) electrons. The monoisotopic (exact) mass is 331 g/mol. The van der Waals surface area contributed by atoms with Gasteiger partial charge in [-0.3, -0.25) is 0 Å². The topological polar surface area (TPSA) is 42.2 Å². The van der Waals surface area contributed by atoms with Gasteiger partial charge in [-0.05, 0) is 30.4 Å². The molecule has 130 valence electrons. The molecule has 0 atom stereocenters. The highest BCUT2D eigenvalue weighted by molar-refractivity contribution is 5.33. The van der Waals surface area contributed by atoms with Gasteiger partial charge in [0.05, 0.1) is 18.8 Å². The Morgan fingerprint density at radius 3 is 2.38 bits per heavy atom. The minimum absolute atomic E-state index is 0.0502. The van der Waals surface area contributed by atoms with Crippen molar-refractivity contribution >= 4 is 0 Å². The van der Waals surface area contributed by atoms with Crippen LogP contribution in [0.4, 0.5) is 4.39 Å². The number of hydrogen-bond donors (Lipinski definition) is 0. The van der Waals surface area contributed by atoms with Crippen molar-refractivity contribution in [2.75, 3.05) is 13.2 Å². The van der Waals surface area contributed by atoms with E-state index in [1.165, 1.54) is 44.2 Å². The second kappa shape index (κ2) is 8.09. The lowest BCUT2D eigenvalue weighted by Gasteiger charge is -2.31. The predicted octanol–water partition coefficient (Wildman–Crippen LogP) is 4.97. The fourth-order valence-corrected chi connectivity index (χ4v) is 3.76. The van der Waals surface area contributed by atoms with E-state index < -0.39 is 12.1 Å². The Labute approximate surface area is 143 Å². The van der Waals surface area contributed by atoms with Crippen LogP contribution in [0.2, 0.25) is 0 Å². The molecule has 1 saturated carbocycles. The average Bonchev–Trinajstić information content (AvgIpc) is 2.61. The molecule has 1 heterocycles. The van der Waals surface area contributed by atoms with Crippen LogP contribution in [0.3, 0.4) is 0 Å². The summed E-state index contributed by atoms with van der Waals surface area (Å²) in [4.78, 5) is 0. The second-order valence-corrected chi connectivity index (χ2v) is 7.42. The number of halogens is 1. The molecule has 3 nitrogen and oxygen atoms in total. The summed E-state index contributed by atoms with van der Waals surface area (Å²) in [7, 11) is 0. The molecule has 1 aliphatic carbocycles. The van der Waals surface area contributed by atoms with Crippen LogP contribution in [0.5, 0.6) is 0 Å². The molecule has 2 fully saturated rings. The maximum Gasteiger partial charge on any atom is 0.183 e. The first-order valence-corrected chi connectivity index (χ1v) is 9.08. The third kappa shape index (κ3) is 4.34. The van der Waals surface area contributed by atoms with Gasteiger partial charge >= 0.3 is 0 Å². The van der Waals surface area contributed by atoms with E-state index in [9.17, 15) is 4.39 Å². The highest BCUT2D eigenvalue weighted by Gasteiger charge is 2.26. The zero-order chi connectivity index (χ0) is 16.9. The van der Waals surface area contributed by atoms with Gasteiger partial charge < -0.3 is 9.47 Å². The standard InChI is InChI=1S/C20H26FNO2/c1-14-2-4-15(5-3-14)6-7-16-12-23-20(24-13-16)17-8-9-18(11-22)19(21)10-17/h8-10,14-16,20H,2-7,12-13H2,1H3. The lowest BCUT2D eigenvalue weighted by Crippen LogP contribution is -2.28. The summed E-state index contributed by atoms with van der Waals surface area (Å²) in [5.41, 5.74) is 0.695. The SMILES string of the molecule is CC1CCC(CCC2COC(c3ccc(C#N)c(F)c3)OC2)CC1. The Bertz CT molecular complexity index is 582. The molecule has 0 N–H and O–H groups in total. The van der Waals surface area contributed by atoms with Crippen molar-refractivity contribution in [2.45, 2.75) is 51.7 Å². The third-order valence-electron chi connectivity index (χ3n) is 5.47. The molecule has 4 heteroatoms. The van der Waals surface area contributed by atoms with Crippen LogP contribution in [0, 0.1) is 34.9 Å². The van der Waals surface area contributed by atoms with E-state index in [-0.39, 0.29) is 5.56 Å². The van der Waals surface area contributed by atoms with E-state index in [1.807, 2.05) is 6.07 Å². The van der Waals surface area contributed by atoms with Gasteiger partial charge in [-0.15, -0.1) is 0 Å². The summed E-state index contributed by atoms with van der Waals surface area (Å²) >= 11 is 0. The molecule has 1 aromatic carbocycles. The molecule has 0 bridgehead atoms. The summed E-state index contributed by atoms with van der Waals surface area (Å²) < 4.78 is 25.3. The van der Waals surface area contributed by atoms with E-state index in [4.69, 9.17) is 14.7 Å². The Kier molecular flexibility index (Phi) is 5.86.